The average molecular weight is 287 g/mol. The van der Waals surface area contributed by atoms with Gasteiger partial charge in [0.15, 0.2) is 6.61 Å². The van der Waals surface area contributed by atoms with E-state index in [0.717, 1.165) is 22.5 Å². The molecule has 0 fully saturated rings. The van der Waals surface area contributed by atoms with Gasteiger partial charge in [-0.25, -0.2) is 5.43 Å². The van der Waals surface area contributed by atoms with Gasteiger partial charge >= 0.3 is 0 Å². The predicted octanol–water partition coefficient (Wildman–Crippen LogP) is 1.21. The van der Waals surface area contributed by atoms with E-state index in [1.165, 1.54) is 0 Å². The number of fused-ring (bicyclic) bond motifs is 1. The zero-order chi connectivity index (χ0) is 15.1. The first-order valence-electron chi connectivity index (χ1n) is 6.88. The first-order chi connectivity index (χ1) is 9.97. The molecule has 110 valence electrons. The summed E-state index contributed by atoms with van der Waals surface area (Å²) in [5, 5.41) is 4.19. The number of carbonyl (C=O) groups excluding carboxylic acids is 2. The Labute approximate surface area is 122 Å². The van der Waals surface area contributed by atoms with E-state index in [1.807, 2.05) is 26.0 Å². The van der Waals surface area contributed by atoms with E-state index in [-0.39, 0.29) is 24.3 Å². The molecular weight excluding hydrogens is 270 g/mol. The van der Waals surface area contributed by atoms with Gasteiger partial charge in [0.05, 0.1) is 11.4 Å². The summed E-state index contributed by atoms with van der Waals surface area (Å²) >= 11 is 0. The number of carbonyl (C=O) groups is 2. The monoisotopic (exact) mass is 287 g/mol. The van der Waals surface area contributed by atoms with Crippen molar-refractivity contribution < 1.29 is 14.3 Å². The molecule has 2 heterocycles. The van der Waals surface area contributed by atoms with Crippen LogP contribution in [0.1, 0.15) is 24.5 Å². The van der Waals surface area contributed by atoms with Gasteiger partial charge in [0.25, 0.3) is 5.91 Å². The Morgan fingerprint density at radius 2 is 2.14 bits per heavy atom. The molecule has 1 aromatic carbocycles. The van der Waals surface area contributed by atoms with Crippen LogP contribution in [0.3, 0.4) is 0 Å². The molecule has 1 N–H and O–H groups in total. The van der Waals surface area contributed by atoms with Crippen LogP contribution in [-0.2, 0) is 9.59 Å². The van der Waals surface area contributed by atoms with Crippen LogP contribution in [0.25, 0.3) is 0 Å². The molecule has 0 spiro atoms. The second-order valence-corrected chi connectivity index (χ2v) is 5.51. The number of nitrogens with zero attached hydrogens (tertiary/aromatic N) is 2. The summed E-state index contributed by atoms with van der Waals surface area (Å²) in [6, 6.07) is 3.83. The van der Waals surface area contributed by atoms with Gasteiger partial charge in [-0.2, -0.15) is 5.10 Å². The van der Waals surface area contributed by atoms with Crippen molar-refractivity contribution in [1.82, 2.24) is 5.43 Å². The number of rotatable bonds is 1. The minimum absolute atomic E-state index is 0.0426. The molecule has 0 aromatic heterocycles. The molecule has 6 nitrogen and oxygen atoms in total. The van der Waals surface area contributed by atoms with Gasteiger partial charge in [0, 0.05) is 24.9 Å². The number of ether oxygens (including phenoxy) is 1. The zero-order valence-electron chi connectivity index (χ0n) is 12.3. The molecule has 21 heavy (non-hydrogen) atoms. The summed E-state index contributed by atoms with van der Waals surface area (Å²) in [6.07, 6.45) is 0.417. The fourth-order valence-electron chi connectivity index (χ4n) is 2.67. The van der Waals surface area contributed by atoms with Gasteiger partial charge in [-0.3, -0.25) is 9.59 Å². The number of benzene rings is 1. The molecule has 2 aliphatic rings. The van der Waals surface area contributed by atoms with Crippen LogP contribution in [-0.4, -0.2) is 31.2 Å². The SMILES string of the molecule is Cc1cc2c(cc1C1=NNC(=O)CC1C)N(C)C(=O)CO2. The Hall–Kier alpha value is -2.37. The molecule has 1 unspecified atom stereocenters. The molecule has 2 amide bonds. The van der Waals surface area contributed by atoms with Crippen molar-refractivity contribution in [3.63, 3.8) is 0 Å². The Bertz CT molecular complexity index is 666. The van der Waals surface area contributed by atoms with E-state index in [9.17, 15) is 9.59 Å². The zero-order valence-corrected chi connectivity index (χ0v) is 12.3. The smallest absolute Gasteiger partial charge is 0.264 e. The van der Waals surface area contributed by atoms with Crippen LogP contribution >= 0.6 is 0 Å². The average Bonchev–Trinajstić information content (AvgIpc) is 2.43. The van der Waals surface area contributed by atoms with E-state index in [0.29, 0.717) is 12.2 Å². The van der Waals surface area contributed by atoms with Crippen molar-refractivity contribution in [2.45, 2.75) is 20.3 Å². The number of nitrogens with one attached hydrogen (secondary N) is 1. The first kappa shape index (κ1) is 13.6. The standard InChI is InChI=1S/C15H17N3O3/c1-8-4-12-11(18(3)14(20)7-21-12)6-10(8)15-9(2)5-13(19)16-17-15/h4,6,9H,5,7H2,1-3H3,(H,16,19). The molecular formula is C15H17N3O3. The first-order valence-corrected chi connectivity index (χ1v) is 6.88. The highest BCUT2D eigenvalue weighted by Crippen LogP contribution is 2.35. The second-order valence-electron chi connectivity index (χ2n) is 5.51. The molecule has 0 radical (unpaired) electrons. The van der Waals surface area contributed by atoms with E-state index < -0.39 is 0 Å². The molecule has 1 aromatic rings. The molecule has 0 saturated carbocycles. The normalized spacial score (nSPS) is 21.4. The second kappa shape index (κ2) is 4.87. The van der Waals surface area contributed by atoms with Crippen LogP contribution in [0.4, 0.5) is 5.69 Å². The van der Waals surface area contributed by atoms with E-state index in [2.05, 4.69) is 10.5 Å². The third kappa shape index (κ3) is 2.26. The minimum Gasteiger partial charge on any atom is -0.482 e. The number of anilines is 1. The maximum Gasteiger partial charge on any atom is 0.264 e. The lowest BCUT2D eigenvalue weighted by molar-refractivity contribution is -0.122. The Kier molecular flexibility index (Phi) is 3.16. The predicted molar refractivity (Wildman–Crippen MR) is 78.5 cm³/mol. The molecule has 3 rings (SSSR count). The Morgan fingerprint density at radius 3 is 2.86 bits per heavy atom. The fraction of sp³-hybridized carbons (Fsp3) is 0.400. The third-order valence-electron chi connectivity index (χ3n) is 3.93. The lowest BCUT2D eigenvalue weighted by atomic mass is 9.91. The fourth-order valence-corrected chi connectivity index (χ4v) is 2.67. The van der Waals surface area contributed by atoms with E-state index in [1.54, 1.807) is 11.9 Å². The summed E-state index contributed by atoms with van der Waals surface area (Å²) in [4.78, 5) is 24.7. The number of hydrazone groups is 1. The van der Waals surface area contributed by atoms with Crippen LogP contribution in [0, 0.1) is 12.8 Å². The molecule has 6 heteroatoms. The largest absolute Gasteiger partial charge is 0.482 e. The molecule has 1 atom stereocenters. The highest BCUT2D eigenvalue weighted by atomic mass is 16.5. The lowest BCUT2D eigenvalue weighted by Gasteiger charge is -2.28. The summed E-state index contributed by atoms with van der Waals surface area (Å²) in [7, 11) is 1.73. The van der Waals surface area contributed by atoms with Crippen LogP contribution in [0.15, 0.2) is 17.2 Å². The highest BCUT2D eigenvalue weighted by molar-refractivity contribution is 6.08. The molecule has 0 bridgehead atoms. The number of hydrogen-bond donors (Lipinski definition) is 1. The van der Waals surface area contributed by atoms with Crippen molar-refractivity contribution in [3.05, 3.63) is 23.3 Å². The molecule has 2 aliphatic heterocycles. The van der Waals surface area contributed by atoms with Crippen molar-refractivity contribution in [2.75, 3.05) is 18.6 Å². The molecule has 0 saturated heterocycles. The van der Waals surface area contributed by atoms with Crippen molar-refractivity contribution in [1.29, 1.82) is 0 Å². The Morgan fingerprint density at radius 1 is 1.38 bits per heavy atom. The number of likely N-dealkylation sites (N-methyl/N-ethyl adjacent to an activating group) is 1. The van der Waals surface area contributed by atoms with E-state index in [4.69, 9.17) is 4.74 Å². The number of amides is 2. The van der Waals surface area contributed by atoms with Crippen molar-refractivity contribution >= 4 is 23.2 Å². The van der Waals surface area contributed by atoms with Crippen molar-refractivity contribution in [2.24, 2.45) is 11.0 Å². The van der Waals surface area contributed by atoms with Crippen LogP contribution < -0.4 is 15.1 Å². The van der Waals surface area contributed by atoms with Gasteiger partial charge in [-0.1, -0.05) is 6.92 Å². The maximum atomic E-state index is 11.8. The highest BCUT2D eigenvalue weighted by Gasteiger charge is 2.27. The lowest BCUT2D eigenvalue weighted by Crippen LogP contribution is -2.36. The van der Waals surface area contributed by atoms with Gasteiger partial charge in [-0.15, -0.1) is 0 Å². The number of aryl methyl sites for hydroxylation is 1. The summed E-state index contributed by atoms with van der Waals surface area (Å²) < 4.78 is 5.47. The van der Waals surface area contributed by atoms with Crippen molar-refractivity contribution in [3.8, 4) is 5.75 Å². The van der Waals surface area contributed by atoms with Gasteiger partial charge in [-0.05, 0) is 24.6 Å². The van der Waals surface area contributed by atoms with Gasteiger partial charge < -0.3 is 9.64 Å². The van der Waals surface area contributed by atoms with Crippen LogP contribution in [0.5, 0.6) is 5.75 Å². The van der Waals surface area contributed by atoms with Gasteiger partial charge in [0.2, 0.25) is 5.91 Å². The topological polar surface area (TPSA) is 71.0 Å². The minimum atomic E-state index is -0.0794. The third-order valence-corrected chi connectivity index (χ3v) is 3.93. The summed E-state index contributed by atoms with van der Waals surface area (Å²) in [5.41, 5.74) is 6.04. The Balaban J connectivity index is 2.08. The molecule has 0 aliphatic carbocycles. The quantitative estimate of drug-likeness (QED) is 0.844. The van der Waals surface area contributed by atoms with Gasteiger partial charge in [0.1, 0.15) is 5.75 Å². The number of hydrogen-bond acceptors (Lipinski definition) is 4. The summed E-state index contributed by atoms with van der Waals surface area (Å²) in [6.45, 7) is 4.01. The van der Waals surface area contributed by atoms with Crippen LogP contribution in [0.2, 0.25) is 0 Å². The summed E-state index contributed by atoms with van der Waals surface area (Å²) in [5.74, 6) is 0.592. The van der Waals surface area contributed by atoms with E-state index >= 15 is 0 Å². The maximum absolute atomic E-state index is 11.8.